The molecule has 1 rings (SSSR count). The average Bonchev–Trinajstić information content (AvgIpc) is 2.28. The van der Waals surface area contributed by atoms with E-state index in [-0.39, 0.29) is 17.9 Å². The molecule has 1 aromatic rings. The molecule has 1 amide bonds. The van der Waals surface area contributed by atoms with Gasteiger partial charge in [-0.15, -0.1) is 0 Å². The van der Waals surface area contributed by atoms with Gasteiger partial charge in [0.15, 0.2) is 6.10 Å². The highest BCUT2D eigenvalue weighted by Crippen LogP contribution is 2.15. The Morgan fingerprint density at radius 2 is 1.80 bits per heavy atom. The molecule has 0 bridgehead atoms. The molecule has 0 fully saturated rings. The molecule has 0 saturated heterocycles. The number of carboxylic acids is 1. The Labute approximate surface area is 118 Å². The van der Waals surface area contributed by atoms with E-state index in [0.29, 0.717) is 11.3 Å². The van der Waals surface area contributed by atoms with Gasteiger partial charge in [-0.25, -0.2) is 0 Å². The van der Waals surface area contributed by atoms with Gasteiger partial charge in [0.25, 0.3) is 5.91 Å². The van der Waals surface area contributed by atoms with Gasteiger partial charge in [0.05, 0.1) is 6.42 Å². The summed E-state index contributed by atoms with van der Waals surface area (Å²) in [6, 6.07) is 6.69. The van der Waals surface area contributed by atoms with Gasteiger partial charge in [-0.3, -0.25) is 9.59 Å². The van der Waals surface area contributed by atoms with Crippen molar-refractivity contribution in [2.75, 3.05) is 0 Å². The number of benzene rings is 1. The Morgan fingerprint density at radius 1 is 1.25 bits per heavy atom. The molecular formula is C15H21NO4. The second-order valence-electron chi connectivity index (χ2n) is 5.71. The Morgan fingerprint density at radius 3 is 2.25 bits per heavy atom. The SMILES string of the molecule is CC(Oc1ccc(CC(=O)O)cc1)C(=O)NC(C)(C)C. The summed E-state index contributed by atoms with van der Waals surface area (Å²) in [5.74, 6) is -0.528. The second-order valence-corrected chi connectivity index (χ2v) is 5.71. The molecule has 0 aliphatic rings. The first kappa shape index (κ1) is 16.0. The Kier molecular flexibility index (Phi) is 5.13. The third-order valence-corrected chi connectivity index (χ3v) is 2.46. The molecule has 1 unspecified atom stereocenters. The van der Waals surface area contributed by atoms with Crippen LogP contribution in [0.2, 0.25) is 0 Å². The van der Waals surface area contributed by atoms with E-state index in [0.717, 1.165) is 0 Å². The molecule has 110 valence electrons. The number of carbonyl (C=O) groups excluding carboxylic acids is 1. The van der Waals surface area contributed by atoms with Gasteiger partial charge in [-0.1, -0.05) is 12.1 Å². The number of hydrogen-bond donors (Lipinski definition) is 2. The lowest BCUT2D eigenvalue weighted by Gasteiger charge is -2.23. The predicted octanol–water partition coefficient (Wildman–Crippen LogP) is 2.00. The number of carboxylic acid groups (broad SMARTS) is 1. The van der Waals surface area contributed by atoms with E-state index in [2.05, 4.69) is 5.32 Å². The van der Waals surface area contributed by atoms with E-state index in [1.54, 1.807) is 31.2 Å². The van der Waals surface area contributed by atoms with Gasteiger partial charge < -0.3 is 15.2 Å². The zero-order valence-corrected chi connectivity index (χ0v) is 12.3. The lowest BCUT2D eigenvalue weighted by Crippen LogP contribution is -2.46. The van der Waals surface area contributed by atoms with Crippen LogP contribution >= 0.6 is 0 Å². The van der Waals surface area contributed by atoms with Crippen LogP contribution in [0.25, 0.3) is 0 Å². The maximum Gasteiger partial charge on any atom is 0.307 e. The summed E-state index contributed by atoms with van der Waals surface area (Å²) >= 11 is 0. The standard InChI is InChI=1S/C15H21NO4/c1-10(14(19)16-15(2,3)4)20-12-7-5-11(6-8-12)9-13(17)18/h5-8,10H,9H2,1-4H3,(H,16,19)(H,17,18). The van der Waals surface area contributed by atoms with Gasteiger partial charge in [-0.05, 0) is 45.4 Å². The van der Waals surface area contributed by atoms with Crippen molar-refractivity contribution in [2.45, 2.75) is 45.8 Å². The Hall–Kier alpha value is -2.04. The first-order valence-corrected chi connectivity index (χ1v) is 6.47. The van der Waals surface area contributed by atoms with Crippen molar-refractivity contribution in [3.8, 4) is 5.75 Å². The number of rotatable bonds is 5. The topological polar surface area (TPSA) is 75.6 Å². The quantitative estimate of drug-likeness (QED) is 0.864. The molecule has 1 atom stereocenters. The molecule has 0 aromatic heterocycles. The van der Waals surface area contributed by atoms with Crippen molar-refractivity contribution in [1.29, 1.82) is 0 Å². The van der Waals surface area contributed by atoms with E-state index < -0.39 is 12.1 Å². The Balaban J connectivity index is 2.60. The smallest absolute Gasteiger partial charge is 0.307 e. The van der Waals surface area contributed by atoms with Crippen LogP contribution in [0.3, 0.4) is 0 Å². The van der Waals surface area contributed by atoms with Crippen molar-refractivity contribution in [1.82, 2.24) is 5.32 Å². The minimum atomic E-state index is -0.878. The minimum Gasteiger partial charge on any atom is -0.481 e. The number of nitrogens with one attached hydrogen (secondary N) is 1. The van der Waals surface area contributed by atoms with E-state index >= 15 is 0 Å². The highest BCUT2D eigenvalue weighted by atomic mass is 16.5. The largest absolute Gasteiger partial charge is 0.481 e. The van der Waals surface area contributed by atoms with Crippen LogP contribution in [-0.2, 0) is 16.0 Å². The average molecular weight is 279 g/mol. The molecule has 5 heteroatoms. The first-order chi connectivity index (χ1) is 9.17. The lowest BCUT2D eigenvalue weighted by molar-refractivity contribution is -0.136. The molecule has 0 heterocycles. The number of carbonyl (C=O) groups is 2. The molecule has 0 aliphatic heterocycles. The van der Waals surface area contributed by atoms with Gasteiger partial charge in [0.1, 0.15) is 5.75 Å². The fraction of sp³-hybridized carbons (Fsp3) is 0.467. The molecule has 0 saturated carbocycles. The van der Waals surface area contributed by atoms with Gasteiger partial charge >= 0.3 is 5.97 Å². The van der Waals surface area contributed by atoms with Crippen molar-refractivity contribution in [3.05, 3.63) is 29.8 Å². The molecular weight excluding hydrogens is 258 g/mol. The van der Waals surface area contributed by atoms with Crippen LogP contribution in [0.5, 0.6) is 5.75 Å². The van der Waals surface area contributed by atoms with Crippen LogP contribution in [0.15, 0.2) is 24.3 Å². The third kappa shape index (κ3) is 5.73. The minimum absolute atomic E-state index is 0.0274. The summed E-state index contributed by atoms with van der Waals surface area (Å²) in [4.78, 5) is 22.4. The van der Waals surface area contributed by atoms with Gasteiger partial charge in [-0.2, -0.15) is 0 Å². The van der Waals surface area contributed by atoms with Crippen LogP contribution in [0.4, 0.5) is 0 Å². The monoisotopic (exact) mass is 279 g/mol. The number of hydrogen-bond acceptors (Lipinski definition) is 3. The molecule has 1 aromatic carbocycles. The zero-order valence-electron chi connectivity index (χ0n) is 12.3. The highest BCUT2D eigenvalue weighted by Gasteiger charge is 2.20. The first-order valence-electron chi connectivity index (χ1n) is 6.47. The van der Waals surface area contributed by atoms with E-state index in [4.69, 9.17) is 9.84 Å². The van der Waals surface area contributed by atoms with Gasteiger partial charge in [0, 0.05) is 5.54 Å². The Bertz CT molecular complexity index is 474. The number of amides is 1. The van der Waals surface area contributed by atoms with Crippen molar-refractivity contribution >= 4 is 11.9 Å². The molecule has 0 aliphatic carbocycles. The summed E-state index contributed by atoms with van der Waals surface area (Å²) in [6.07, 6.45) is -0.639. The summed E-state index contributed by atoms with van der Waals surface area (Å²) in [5, 5.41) is 11.5. The summed E-state index contributed by atoms with van der Waals surface area (Å²) in [5.41, 5.74) is 0.386. The maximum atomic E-state index is 11.9. The normalized spacial score (nSPS) is 12.6. The second kappa shape index (κ2) is 6.41. The van der Waals surface area contributed by atoms with Gasteiger partial charge in [0.2, 0.25) is 0 Å². The summed E-state index contributed by atoms with van der Waals surface area (Å²) < 4.78 is 5.52. The molecule has 5 nitrogen and oxygen atoms in total. The fourth-order valence-electron chi connectivity index (χ4n) is 1.59. The number of ether oxygens (including phenoxy) is 1. The van der Waals surface area contributed by atoms with Crippen molar-refractivity contribution < 1.29 is 19.4 Å². The molecule has 20 heavy (non-hydrogen) atoms. The molecule has 0 spiro atoms. The summed E-state index contributed by atoms with van der Waals surface area (Å²) in [6.45, 7) is 7.38. The highest BCUT2D eigenvalue weighted by molar-refractivity contribution is 5.81. The third-order valence-electron chi connectivity index (χ3n) is 2.46. The predicted molar refractivity (Wildman–Crippen MR) is 75.8 cm³/mol. The van der Waals surface area contributed by atoms with Crippen LogP contribution < -0.4 is 10.1 Å². The zero-order chi connectivity index (χ0) is 15.3. The van der Waals surface area contributed by atoms with Crippen LogP contribution in [0, 0.1) is 0 Å². The van der Waals surface area contributed by atoms with Crippen molar-refractivity contribution in [2.24, 2.45) is 0 Å². The molecule has 2 N–H and O–H groups in total. The number of aliphatic carboxylic acids is 1. The van der Waals surface area contributed by atoms with E-state index in [1.165, 1.54) is 0 Å². The summed E-state index contributed by atoms with van der Waals surface area (Å²) in [7, 11) is 0. The molecule has 0 radical (unpaired) electrons. The lowest BCUT2D eigenvalue weighted by atomic mass is 10.1. The van der Waals surface area contributed by atoms with Crippen molar-refractivity contribution in [3.63, 3.8) is 0 Å². The van der Waals surface area contributed by atoms with Crippen LogP contribution in [-0.4, -0.2) is 28.6 Å². The van der Waals surface area contributed by atoms with Crippen LogP contribution in [0.1, 0.15) is 33.3 Å². The fourth-order valence-corrected chi connectivity index (χ4v) is 1.59. The maximum absolute atomic E-state index is 11.9. The van der Waals surface area contributed by atoms with E-state index in [1.807, 2.05) is 20.8 Å². The van der Waals surface area contributed by atoms with E-state index in [9.17, 15) is 9.59 Å².